The van der Waals surface area contributed by atoms with Gasteiger partial charge >= 0.3 is 0 Å². The van der Waals surface area contributed by atoms with Gasteiger partial charge in [0.15, 0.2) is 0 Å². The van der Waals surface area contributed by atoms with Crippen molar-refractivity contribution in [1.29, 1.82) is 0 Å². The average Bonchev–Trinajstić information content (AvgIpc) is 2.68. The van der Waals surface area contributed by atoms with E-state index in [-0.39, 0.29) is 5.78 Å². The Morgan fingerprint density at radius 2 is 2.33 bits per heavy atom. The first kappa shape index (κ1) is 12.0. The molecule has 0 amide bonds. The molecule has 3 nitrogen and oxygen atoms in total. The van der Waals surface area contributed by atoms with Crippen LogP contribution in [-0.2, 0) is 11.2 Å². The third-order valence-electron chi connectivity index (χ3n) is 2.56. The lowest BCUT2D eigenvalue weighted by atomic mass is 9.98. The molecule has 2 N–H and O–H groups in total. The Labute approximate surface area is 90.6 Å². The van der Waals surface area contributed by atoms with Crippen LogP contribution in [0.4, 0.5) is 0 Å². The van der Waals surface area contributed by atoms with Gasteiger partial charge in [-0.2, -0.15) is 0 Å². The van der Waals surface area contributed by atoms with Crippen molar-refractivity contribution in [2.24, 2.45) is 11.7 Å². The van der Waals surface area contributed by atoms with Crippen LogP contribution in [-0.4, -0.2) is 12.3 Å². The van der Waals surface area contributed by atoms with E-state index < -0.39 is 0 Å². The summed E-state index contributed by atoms with van der Waals surface area (Å²) in [5.74, 6) is 0.823. The summed E-state index contributed by atoms with van der Waals surface area (Å²) in [5, 5.41) is 0. The zero-order valence-electron chi connectivity index (χ0n) is 9.24. The Balaban J connectivity index is 2.19. The molecule has 0 aliphatic heterocycles. The third-order valence-corrected chi connectivity index (χ3v) is 2.56. The summed E-state index contributed by atoms with van der Waals surface area (Å²) in [6, 6.07) is 1.83. The molecule has 1 heterocycles. The predicted molar refractivity (Wildman–Crippen MR) is 59.5 cm³/mol. The van der Waals surface area contributed by atoms with E-state index in [1.807, 2.05) is 6.07 Å². The molecule has 0 aliphatic rings. The minimum absolute atomic E-state index is 0.278. The molecule has 15 heavy (non-hydrogen) atoms. The average molecular weight is 209 g/mol. The highest BCUT2D eigenvalue weighted by atomic mass is 16.3. The van der Waals surface area contributed by atoms with Crippen molar-refractivity contribution in [2.75, 3.05) is 6.54 Å². The van der Waals surface area contributed by atoms with Crippen molar-refractivity contribution in [3.8, 4) is 0 Å². The third kappa shape index (κ3) is 4.79. The van der Waals surface area contributed by atoms with Gasteiger partial charge in [-0.05, 0) is 36.9 Å². The summed E-state index contributed by atoms with van der Waals surface area (Å²) in [7, 11) is 0. The zero-order chi connectivity index (χ0) is 11.1. The molecule has 1 rings (SSSR count). The van der Waals surface area contributed by atoms with Crippen LogP contribution in [0.25, 0.3) is 0 Å². The lowest BCUT2D eigenvalue weighted by Gasteiger charge is -2.08. The highest BCUT2D eigenvalue weighted by molar-refractivity contribution is 5.80. The Kier molecular flexibility index (Phi) is 5.12. The number of furan rings is 1. The van der Waals surface area contributed by atoms with Crippen LogP contribution in [0.3, 0.4) is 0 Å². The van der Waals surface area contributed by atoms with E-state index in [1.54, 1.807) is 12.5 Å². The van der Waals surface area contributed by atoms with E-state index in [2.05, 4.69) is 6.92 Å². The van der Waals surface area contributed by atoms with Crippen LogP contribution >= 0.6 is 0 Å². The molecule has 0 saturated carbocycles. The van der Waals surface area contributed by atoms with Gasteiger partial charge in [-0.1, -0.05) is 6.92 Å². The zero-order valence-corrected chi connectivity index (χ0v) is 9.24. The number of ketones is 1. The normalized spacial score (nSPS) is 12.7. The van der Waals surface area contributed by atoms with E-state index in [0.29, 0.717) is 25.3 Å². The molecule has 1 aromatic heterocycles. The molecular formula is C12H19NO2. The maximum absolute atomic E-state index is 11.5. The Morgan fingerprint density at radius 1 is 1.53 bits per heavy atom. The largest absolute Gasteiger partial charge is 0.472 e. The fraction of sp³-hybridized carbons (Fsp3) is 0.583. The Hall–Kier alpha value is -1.09. The first-order valence-corrected chi connectivity index (χ1v) is 5.45. The van der Waals surface area contributed by atoms with Crippen molar-refractivity contribution in [3.63, 3.8) is 0 Å². The van der Waals surface area contributed by atoms with Crippen molar-refractivity contribution in [3.05, 3.63) is 24.2 Å². The quantitative estimate of drug-likeness (QED) is 0.748. The van der Waals surface area contributed by atoms with Crippen LogP contribution in [0.1, 0.15) is 31.7 Å². The maximum Gasteiger partial charge on any atom is 0.137 e. The summed E-state index contributed by atoms with van der Waals surface area (Å²) < 4.78 is 4.91. The van der Waals surface area contributed by atoms with E-state index in [4.69, 9.17) is 10.2 Å². The van der Waals surface area contributed by atoms with Crippen LogP contribution in [0.5, 0.6) is 0 Å². The van der Waals surface area contributed by atoms with Crippen LogP contribution in [0, 0.1) is 5.92 Å². The topological polar surface area (TPSA) is 56.2 Å². The lowest BCUT2D eigenvalue weighted by molar-refractivity contribution is -0.118. The lowest BCUT2D eigenvalue weighted by Crippen LogP contribution is -2.09. The van der Waals surface area contributed by atoms with Crippen LogP contribution in [0.15, 0.2) is 23.0 Å². The van der Waals surface area contributed by atoms with Gasteiger partial charge in [0.25, 0.3) is 0 Å². The summed E-state index contributed by atoms with van der Waals surface area (Å²) in [4.78, 5) is 11.5. The molecule has 3 heteroatoms. The molecule has 84 valence electrons. The Bertz CT molecular complexity index is 280. The van der Waals surface area contributed by atoms with E-state index in [0.717, 1.165) is 18.4 Å². The monoisotopic (exact) mass is 209 g/mol. The molecule has 1 atom stereocenters. The number of carbonyl (C=O) groups is 1. The smallest absolute Gasteiger partial charge is 0.137 e. The maximum atomic E-state index is 11.5. The van der Waals surface area contributed by atoms with E-state index in [1.165, 1.54) is 0 Å². The number of hydrogen-bond acceptors (Lipinski definition) is 3. The van der Waals surface area contributed by atoms with Gasteiger partial charge in [0.2, 0.25) is 0 Å². The van der Waals surface area contributed by atoms with Gasteiger partial charge in [0, 0.05) is 12.8 Å². The van der Waals surface area contributed by atoms with E-state index >= 15 is 0 Å². The highest BCUT2D eigenvalue weighted by Gasteiger charge is 2.07. The number of nitrogens with two attached hydrogens (primary N) is 1. The van der Waals surface area contributed by atoms with Gasteiger partial charge in [0.05, 0.1) is 12.5 Å². The second kappa shape index (κ2) is 6.40. The molecule has 0 bridgehead atoms. The van der Waals surface area contributed by atoms with Crippen molar-refractivity contribution >= 4 is 5.78 Å². The van der Waals surface area contributed by atoms with Crippen LogP contribution in [0.2, 0.25) is 0 Å². The summed E-state index contributed by atoms with van der Waals surface area (Å²) in [6.45, 7) is 2.84. The van der Waals surface area contributed by atoms with Crippen LogP contribution < -0.4 is 5.73 Å². The fourth-order valence-corrected chi connectivity index (χ4v) is 1.55. The summed E-state index contributed by atoms with van der Waals surface area (Å²) in [6.07, 6.45) is 6.30. The molecule has 0 aliphatic carbocycles. The number of rotatable bonds is 7. The van der Waals surface area contributed by atoms with Gasteiger partial charge in [-0.25, -0.2) is 0 Å². The molecule has 0 fully saturated rings. The van der Waals surface area contributed by atoms with Crippen molar-refractivity contribution in [2.45, 2.75) is 32.6 Å². The second-order valence-electron chi connectivity index (χ2n) is 4.07. The molecule has 0 saturated heterocycles. The van der Waals surface area contributed by atoms with Gasteiger partial charge < -0.3 is 10.2 Å². The summed E-state index contributed by atoms with van der Waals surface area (Å²) >= 11 is 0. The number of hydrogen-bond donors (Lipinski definition) is 1. The minimum Gasteiger partial charge on any atom is -0.472 e. The summed E-state index contributed by atoms with van der Waals surface area (Å²) in [5.41, 5.74) is 6.41. The van der Waals surface area contributed by atoms with Crippen molar-refractivity contribution < 1.29 is 9.21 Å². The van der Waals surface area contributed by atoms with Gasteiger partial charge in [-0.3, -0.25) is 4.79 Å². The van der Waals surface area contributed by atoms with Gasteiger partial charge in [-0.15, -0.1) is 0 Å². The first-order valence-electron chi connectivity index (χ1n) is 5.45. The predicted octanol–water partition coefficient (Wildman–Crippen LogP) is 2.16. The highest BCUT2D eigenvalue weighted by Crippen LogP contribution is 2.11. The van der Waals surface area contributed by atoms with Crippen molar-refractivity contribution in [1.82, 2.24) is 0 Å². The standard InChI is InChI=1S/C12H19NO2/c1-10(4-6-13)2-3-12(14)8-11-5-7-15-9-11/h5,7,9-10H,2-4,6,8,13H2,1H3. The molecular weight excluding hydrogens is 190 g/mol. The fourth-order valence-electron chi connectivity index (χ4n) is 1.55. The molecule has 1 unspecified atom stereocenters. The number of carbonyl (C=O) groups excluding carboxylic acids is 1. The molecule has 0 aromatic carbocycles. The molecule has 0 spiro atoms. The minimum atomic E-state index is 0.278. The second-order valence-corrected chi connectivity index (χ2v) is 4.07. The Morgan fingerprint density at radius 3 is 2.93 bits per heavy atom. The SMILES string of the molecule is CC(CCN)CCC(=O)Cc1ccoc1. The number of Topliss-reactive ketones (excluding diaryl/α,β-unsaturated/α-hetero) is 1. The van der Waals surface area contributed by atoms with E-state index in [9.17, 15) is 4.79 Å². The van der Waals surface area contributed by atoms with Gasteiger partial charge in [0.1, 0.15) is 5.78 Å². The molecule has 0 radical (unpaired) electrons. The molecule has 1 aromatic rings. The first-order chi connectivity index (χ1) is 7.22.